The first kappa shape index (κ1) is 11.5. The quantitative estimate of drug-likeness (QED) is 0.608. The first-order chi connectivity index (χ1) is 6.72. The van der Waals surface area contributed by atoms with Crippen LogP contribution in [-0.4, -0.2) is 25.3 Å². The van der Waals surface area contributed by atoms with Crippen molar-refractivity contribution in [1.82, 2.24) is 0 Å². The first-order valence-corrected chi connectivity index (χ1v) is 5.49. The van der Waals surface area contributed by atoms with Crippen molar-refractivity contribution in [1.29, 1.82) is 0 Å². The number of esters is 1. The van der Waals surface area contributed by atoms with E-state index in [1.807, 2.05) is 6.92 Å². The molecule has 0 aromatic rings. The number of hydrogen-bond donors (Lipinski definition) is 0. The Labute approximate surface area is 85.8 Å². The molecule has 1 rings (SSSR count). The van der Waals surface area contributed by atoms with Crippen LogP contribution in [0.5, 0.6) is 0 Å². The highest BCUT2D eigenvalue weighted by atomic mass is 16.5. The summed E-state index contributed by atoms with van der Waals surface area (Å²) in [5.74, 6) is 0.491. The molecule has 1 heterocycles. The Morgan fingerprint density at radius 2 is 2.21 bits per heavy atom. The fourth-order valence-electron chi connectivity index (χ4n) is 1.80. The van der Waals surface area contributed by atoms with Crippen LogP contribution in [0.25, 0.3) is 0 Å². The van der Waals surface area contributed by atoms with E-state index in [1.54, 1.807) is 0 Å². The van der Waals surface area contributed by atoms with E-state index in [-0.39, 0.29) is 12.1 Å². The number of cyclic esters (lactones) is 1. The van der Waals surface area contributed by atoms with Crippen molar-refractivity contribution < 1.29 is 14.3 Å². The van der Waals surface area contributed by atoms with Gasteiger partial charge in [-0.3, -0.25) is 4.79 Å². The molecule has 1 aliphatic rings. The van der Waals surface area contributed by atoms with Crippen molar-refractivity contribution in [2.45, 2.75) is 45.6 Å². The molecule has 0 saturated carbocycles. The average molecular weight is 200 g/mol. The third-order valence-electron chi connectivity index (χ3n) is 2.70. The van der Waals surface area contributed by atoms with Crippen LogP contribution in [0.15, 0.2) is 0 Å². The minimum absolute atomic E-state index is 0.0607. The molecular weight excluding hydrogens is 180 g/mol. The summed E-state index contributed by atoms with van der Waals surface area (Å²) in [6, 6.07) is 0. The summed E-state index contributed by atoms with van der Waals surface area (Å²) >= 11 is 0. The summed E-state index contributed by atoms with van der Waals surface area (Å²) in [5.41, 5.74) is 0. The third kappa shape index (κ3) is 4.09. The molecule has 82 valence electrons. The fraction of sp³-hybridized carbons (Fsp3) is 0.909. The van der Waals surface area contributed by atoms with Gasteiger partial charge in [-0.2, -0.15) is 0 Å². The van der Waals surface area contributed by atoms with Gasteiger partial charge in [0.2, 0.25) is 0 Å². The van der Waals surface area contributed by atoms with Crippen molar-refractivity contribution >= 4 is 5.97 Å². The number of carbonyl (C=O) groups is 1. The van der Waals surface area contributed by atoms with Crippen molar-refractivity contribution in [3.8, 4) is 0 Å². The molecule has 0 bridgehead atoms. The number of hydrogen-bond acceptors (Lipinski definition) is 3. The molecule has 1 aliphatic heterocycles. The molecule has 0 aromatic heterocycles. The van der Waals surface area contributed by atoms with Gasteiger partial charge in [-0.15, -0.1) is 0 Å². The second-order valence-corrected chi connectivity index (χ2v) is 3.96. The topological polar surface area (TPSA) is 35.5 Å². The van der Waals surface area contributed by atoms with Crippen molar-refractivity contribution in [3.05, 3.63) is 0 Å². The summed E-state index contributed by atoms with van der Waals surface area (Å²) in [4.78, 5) is 11.2. The van der Waals surface area contributed by atoms with Gasteiger partial charge in [0, 0.05) is 6.61 Å². The lowest BCUT2D eigenvalue weighted by molar-refractivity contribution is -0.151. The predicted molar refractivity (Wildman–Crippen MR) is 54.0 cm³/mol. The van der Waals surface area contributed by atoms with Crippen LogP contribution < -0.4 is 0 Å². The second kappa shape index (κ2) is 6.02. The molecule has 0 amide bonds. The summed E-state index contributed by atoms with van der Waals surface area (Å²) in [6.45, 7) is 5.43. The Kier molecular flexibility index (Phi) is 4.94. The van der Waals surface area contributed by atoms with E-state index in [2.05, 4.69) is 6.92 Å². The van der Waals surface area contributed by atoms with Gasteiger partial charge in [0.1, 0.15) is 0 Å². The fourth-order valence-corrected chi connectivity index (χ4v) is 1.80. The zero-order valence-corrected chi connectivity index (χ0v) is 9.12. The van der Waals surface area contributed by atoms with E-state index in [9.17, 15) is 4.79 Å². The maximum absolute atomic E-state index is 11.2. The summed E-state index contributed by atoms with van der Waals surface area (Å²) < 4.78 is 10.6. The number of carbonyl (C=O) groups excluding carboxylic acids is 1. The first-order valence-electron chi connectivity index (χ1n) is 5.49. The second-order valence-electron chi connectivity index (χ2n) is 3.96. The smallest absolute Gasteiger partial charge is 0.308 e. The lowest BCUT2D eigenvalue weighted by atomic mass is 9.96. The van der Waals surface area contributed by atoms with Gasteiger partial charge in [-0.25, -0.2) is 0 Å². The van der Waals surface area contributed by atoms with E-state index >= 15 is 0 Å². The zero-order chi connectivity index (χ0) is 10.4. The average Bonchev–Trinajstić information content (AvgIpc) is 2.15. The molecule has 0 radical (unpaired) electrons. The highest BCUT2D eigenvalue weighted by Crippen LogP contribution is 2.18. The van der Waals surface area contributed by atoms with E-state index in [4.69, 9.17) is 9.47 Å². The standard InChI is InChI=1S/C11H20O3/c1-3-10-4-6-13-7-5-11(12)14-9(2)8-10/h9-10H,3-8H2,1-2H3. The summed E-state index contributed by atoms with van der Waals surface area (Å²) in [6.07, 6.45) is 3.63. The van der Waals surface area contributed by atoms with E-state index in [0.717, 1.165) is 25.9 Å². The largest absolute Gasteiger partial charge is 0.463 e. The molecule has 0 aromatic carbocycles. The molecule has 0 aliphatic carbocycles. The van der Waals surface area contributed by atoms with Gasteiger partial charge < -0.3 is 9.47 Å². The maximum atomic E-state index is 11.2. The SMILES string of the molecule is CCC1CCOCCC(=O)OC(C)C1. The van der Waals surface area contributed by atoms with Gasteiger partial charge in [0.15, 0.2) is 0 Å². The lowest BCUT2D eigenvalue weighted by Crippen LogP contribution is -2.22. The van der Waals surface area contributed by atoms with Crippen LogP contribution in [0.4, 0.5) is 0 Å². The number of ether oxygens (including phenoxy) is 2. The summed E-state index contributed by atoms with van der Waals surface area (Å²) in [5, 5.41) is 0. The molecule has 2 unspecified atom stereocenters. The molecule has 14 heavy (non-hydrogen) atoms. The number of rotatable bonds is 1. The Hall–Kier alpha value is -0.570. The van der Waals surface area contributed by atoms with E-state index < -0.39 is 0 Å². The third-order valence-corrected chi connectivity index (χ3v) is 2.70. The Morgan fingerprint density at radius 1 is 1.43 bits per heavy atom. The van der Waals surface area contributed by atoms with Gasteiger partial charge in [0.25, 0.3) is 0 Å². The van der Waals surface area contributed by atoms with E-state index in [0.29, 0.717) is 18.9 Å². The van der Waals surface area contributed by atoms with Crippen LogP contribution >= 0.6 is 0 Å². The minimum atomic E-state index is -0.130. The molecule has 2 atom stereocenters. The van der Waals surface area contributed by atoms with Crippen LogP contribution in [-0.2, 0) is 14.3 Å². The Balaban J connectivity index is 2.43. The highest BCUT2D eigenvalue weighted by Gasteiger charge is 2.16. The van der Waals surface area contributed by atoms with Crippen LogP contribution in [0, 0.1) is 5.92 Å². The molecule has 3 nitrogen and oxygen atoms in total. The molecule has 0 spiro atoms. The Morgan fingerprint density at radius 3 is 2.93 bits per heavy atom. The van der Waals surface area contributed by atoms with Crippen molar-refractivity contribution in [3.63, 3.8) is 0 Å². The van der Waals surface area contributed by atoms with Crippen LogP contribution in [0.2, 0.25) is 0 Å². The van der Waals surface area contributed by atoms with Gasteiger partial charge in [-0.1, -0.05) is 13.3 Å². The van der Waals surface area contributed by atoms with Gasteiger partial charge >= 0.3 is 5.97 Å². The molecule has 1 fully saturated rings. The molecule has 0 N–H and O–H groups in total. The monoisotopic (exact) mass is 200 g/mol. The summed E-state index contributed by atoms with van der Waals surface area (Å²) in [7, 11) is 0. The normalized spacial score (nSPS) is 30.9. The zero-order valence-electron chi connectivity index (χ0n) is 9.12. The molecular formula is C11H20O3. The van der Waals surface area contributed by atoms with Gasteiger partial charge in [0.05, 0.1) is 19.1 Å². The predicted octanol–water partition coefficient (Wildman–Crippen LogP) is 2.14. The molecule has 3 heteroatoms. The van der Waals surface area contributed by atoms with Gasteiger partial charge in [-0.05, 0) is 25.7 Å². The van der Waals surface area contributed by atoms with Crippen molar-refractivity contribution in [2.24, 2.45) is 5.92 Å². The highest BCUT2D eigenvalue weighted by molar-refractivity contribution is 5.69. The van der Waals surface area contributed by atoms with Crippen LogP contribution in [0.3, 0.4) is 0 Å². The van der Waals surface area contributed by atoms with E-state index in [1.165, 1.54) is 0 Å². The maximum Gasteiger partial charge on any atom is 0.308 e. The molecule has 1 saturated heterocycles. The Bertz CT molecular complexity index is 179. The lowest BCUT2D eigenvalue weighted by Gasteiger charge is -2.21. The van der Waals surface area contributed by atoms with Crippen molar-refractivity contribution in [2.75, 3.05) is 13.2 Å². The minimum Gasteiger partial charge on any atom is -0.463 e. The van der Waals surface area contributed by atoms with Crippen LogP contribution in [0.1, 0.15) is 39.5 Å².